The Balaban J connectivity index is 1.68. The summed E-state index contributed by atoms with van der Waals surface area (Å²) in [7, 11) is 0. The molecule has 2 atom stereocenters. The van der Waals surface area contributed by atoms with Crippen LogP contribution in [-0.4, -0.2) is 18.6 Å². The highest BCUT2D eigenvalue weighted by atomic mass is 14.9. The fraction of sp³-hybridized carbons (Fsp3) is 1.00. The van der Waals surface area contributed by atoms with Crippen molar-refractivity contribution >= 4 is 0 Å². The monoisotopic (exact) mass is 182 g/mol. The van der Waals surface area contributed by atoms with Gasteiger partial charge in [0, 0.05) is 18.6 Å². The molecule has 0 aromatic heterocycles. The number of hydrogen-bond acceptors (Lipinski definition) is 2. The molecule has 0 spiro atoms. The lowest BCUT2D eigenvalue weighted by Crippen LogP contribution is -2.41. The van der Waals surface area contributed by atoms with Crippen molar-refractivity contribution in [1.29, 1.82) is 0 Å². The zero-order valence-electron chi connectivity index (χ0n) is 8.68. The fourth-order valence-electron chi connectivity index (χ4n) is 2.19. The maximum absolute atomic E-state index is 5.94. The SMILES string of the molecule is CC1(CNC2CCCC(N)C2)CC1. The van der Waals surface area contributed by atoms with Gasteiger partial charge in [0.2, 0.25) is 0 Å². The summed E-state index contributed by atoms with van der Waals surface area (Å²) in [5.41, 5.74) is 6.58. The highest BCUT2D eigenvalue weighted by molar-refractivity contribution is 4.92. The Labute approximate surface area is 81.3 Å². The second kappa shape index (κ2) is 3.58. The lowest BCUT2D eigenvalue weighted by Gasteiger charge is -2.28. The lowest BCUT2D eigenvalue weighted by atomic mass is 9.91. The summed E-state index contributed by atoms with van der Waals surface area (Å²) in [5, 5.41) is 3.67. The van der Waals surface area contributed by atoms with Crippen molar-refractivity contribution in [3.8, 4) is 0 Å². The van der Waals surface area contributed by atoms with Crippen LogP contribution in [-0.2, 0) is 0 Å². The average Bonchev–Trinajstić information content (AvgIpc) is 2.82. The van der Waals surface area contributed by atoms with Gasteiger partial charge in [-0.2, -0.15) is 0 Å². The van der Waals surface area contributed by atoms with Gasteiger partial charge >= 0.3 is 0 Å². The van der Waals surface area contributed by atoms with E-state index in [2.05, 4.69) is 12.2 Å². The van der Waals surface area contributed by atoms with Crippen molar-refractivity contribution in [3.63, 3.8) is 0 Å². The molecular weight excluding hydrogens is 160 g/mol. The van der Waals surface area contributed by atoms with E-state index in [0.29, 0.717) is 17.5 Å². The van der Waals surface area contributed by atoms with Gasteiger partial charge in [-0.15, -0.1) is 0 Å². The molecule has 2 heteroatoms. The molecule has 2 saturated carbocycles. The second-order valence-corrected chi connectivity index (χ2v) is 5.32. The van der Waals surface area contributed by atoms with Crippen LogP contribution in [0, 0.1) is 5.41 Å². The van der Waals surface area contributed by atoms with Crippen molar-refractivity contribution < 1.29 is 0 Å². The summed E-state index contributed by atoms with van der Waals surface area (Å²) in [4.78, 5) is 0. The highest BCUT2D eigenvalue weighted by Gasteiger charge is 2.37. The van der Waals surface area contributed by atoms with Gasteiger partial charge < -0.3 is 11.1 Å². The molecule has 0 radical (unpaired) electrons. The van der Waals surface area contributed by atoms with Crippen LogP contribution in [0.5, 0.6) is 0 Å². The van der Waals surface area contributed by atoms with Crippen LogP contribution in [0.25, 0.3) is 0 Å². The molecule has 0 heterocycles. The van der Waals surface area contributed by atoms with Gasteiger partial charge in [0.1, 0.15) is 0 Å². The molecule has 0 aliphatic heterocycles. The van der Waals surface area contributed by atoms with Crippen molar-refractivity contribution in [1.82, 2.24) is 5.32 Å². The van der Waals surface area contributed by atoms with Crippen LogP contribution >= 0.6 is 0 Å². The summed E-state index contributed by atoms with van der Waals surface area (Å²) in [6.07, 6.45) is 7.91. The maximum atomic E-state index is 5.94. The first-order valence-electron chi connectivity index (χ1n) is 5.67. The van der Waals surface area contributed by atoms with Crippen molar-refractivity contribution in [2.24, 2.45) is 11.1 Å². The topological polar surface area (TPSA) is 38.0 Å². The van der Waals surface area contributed by atoms with E-state index >= 15 is 0 Å². The zero-order valence-corrected chi connectivity index (χ0v) is 8.68. The number of nitrogens with one attached hydrogen (secondary N) is 1. The second-order valence-electron chi connectivity index (χ2n) is 5.32. The number of nitrogens with two attached hydrogens (primary N) is 1. The third-order valence-electron chi connectivity index (χ3n) is 3.64. The molecule has 13 heavy (non-hydrogen) atoms. The Hall–Kier alpha value is -0.0800. The Bertz CT molecular complexity index is 175. The van der Waals surface area contributed by atoms with E-state index in [0.717, 1.165) is 0 Å². The van der Waals surface area contributed by atoms with Crippen LogP contribution in [0.2, 0.25) is 0 Å². The molecule has 2 unspecified atom stereocenters. The molecule has 2 fully saturated rings. The first-order chi connectivity index (χ1) is 6.18. The molecule has 2 aliphatic carbocycles. The van der Waals surface area contributed by atoms with Crippen LogP contribution in [0.15, 0.2) is 0 Å². The minimum absolute atomic E-state index is 0.457. The van der Waals surface area contributed by atoms with Crippen molar-refractivity contribution in [2.75, 3.05) is 6.54 Å². The third kappa shape index (κ3) is 2.68. The zero-order chi connectivity index (χ0) is 9.31. The highest BCUT2D eigenvalue weighted by Crippen LogP contribution is 2.44. The summed E-state index contributed by atoms with van der Waals surface area (Å²) in [5.74, 6) is 0. The van der Waals surface area contributed by atoms with Gasteiger partial charge in [-0.25, -0.2) is 0 Å². The smallest absolute Gasteiger partial charge is 0.00820 e. The van der Waals surface area contributed by atoms with Crippen LogP contribution in [0.4, 0.5) is 0 Å². The number of rotatable bonds is 3. The molecule has 2 aliphatic rings. The standard InChI is InChI=1S/C11H22N2/c1-11(5-6-11)8-13-10-4-2-3-9(12)7-10/h9-10,13H,2-8,12H2,1H3. The summed E-state index contributed by atoms with van der Waals surface area (Å²) in [6, 6.07) is 1.17. The average molecular weight is 182 g/mol. The quantitative estimate of drug-likeness (QED) is 0.696. The minimum atomic E-state index is 0.457. The molecule has 0 saturated heterocycles. The predicted octanol–water partition coefficient (Wildman–Crippen LogP) is 1.65. The van der Waals surface area contributed by atoms with Crippen LogP contribution < -0.4 is 11.1 Å². The van der Waals surface area contributed by atoms with E-state index in [4.69, 9.17) is 5.73 Å². The molecule has 2 rings (SSSR count). The van der Waals surface area contributed by atoms with Gasteiger partial charge in [0.05, 0.1) is 0 Å². The van der Waals surface area contributed by atoms with Crippen LogP contribution in [0.1, 0.15) is 45.4 Å². The van der Waals surface area contributed by atoms with E-state index < -0.39 is 0 Å². The first kappa shape index (κ1) is 9.47. The van der Waals surface area contributed by atoms with Crippen molar-refractivity contribution in [2.45, 2.75) is 57.5 Å². The molecule has 0 aromatic rings. The molecule has 3 N–H and O–H groups in total. The van der Waals surface area contributed by atoms with Gasteiger partial charge in [0.15, 0.2) is 0 Å². The Morgan fingerprint density at radius 1 is 1.38 bits per heavy atom. The Morgan fingerprint density at radius 2 is 2.15 bits per heavy atom. The molecule has 76 valence electrons. The third-order valence-corrected chi connectivity index (χ3v) is 3.64. The molecule has 0 amide bonds. The van der Waals surface area contributed by atoms with Gasteiger partial charge in [-0.05, 0) is 37.5 Å². The predicted molar refractivity (Wildman–Crippen MR) is 55.6 cm³/mol. The summed E-state index contributed by atoms with van der Waals surface area (Å²) < 4.78 is 0. The molecule has 0 aromatic carbocycles. The minimum Gasteiger partial charge on any atom is -0.328 e. The van der Waals surface area contributed by atoms with E-state index in [9.17, 15) is 0 Å². The summed E-state index contributed by atoms with van der Waals surface area (Å²) >= 11 is 0. The number of hydrogen-bond donors (Lipinski definition) is 2. The van der Waals surface area contributed by atoms with Crippen molar-refractivity contribution in [3.05, 3.63) is 0 Å². The van der Waals surface area contributed by atoms with E-state index in [1.54, 1.807) is 0 Å². The molecule has 2 nitrogen and oxygen atoms in total. The van der Waals surface area contributed by atoms with E-state index in [1.807, 2.05) is 0 Å². The fourth-order valence-corrected chi connectivity index (χ4v) is 2.19. The molecular formula is C11H22N2. The largest absolute Gasteiger partial charge is 0.328 e. The van der Waals surface area contributed by atoms with Gasteiger partial charge in [-0.1, -0.05) is 13.3 Å². The Morgan fingerprint density at radius 3 is 2.77 bits per heavy atom. The Kier molecular flexibility index (Phi) is 2.61. The summed E-state index contributed by atoms with van der Waals surface area (Å²) in [6.45, 7) is 3.59. The van der Waals surface area contributed by atoms with Gasteiger partial charge in [-0.3, -0.25) is 0 Å². The maximum Gasteiger partial charge on any atom is 0.00820 e. The van der Waals surface area contributed by atoms with E-state index in [1.165, 1.54) is 45.1 Å². The van der Waals surface area contributed by atoms with E-state index in [-0.39, 0.29) is 0 Å². The first-order valence-corrected chi connectivity index (χ1v) is 5.67. The van der Waals surface area contributed by atoms with Gasteiger partial charge in [0.25, 0.3) is 0 Å². The normalized spacial score (nSPS) is 37.4. The molecule has 0 bridgehead atoms. The van der Waals surface area contributed by atoms with Crippen LogP contribution in [0.3, 0.4) is 0 Å². The lowest BCUT2D eigenvalue weighted by molar-refractivity contribution is 0.320.